The van der Waals surface area contributed by atoms with Gasteiger partial charge >= 0.3 is 0 Å². The first-order valence-corrected chi connectivity index (χ1v) is 6.13. The van der Waals surface area contributed by atoms with Gasteiger partial charge in [0.2, 0.25) is 5.91 Å². The normalized spacial score (nSPS) is 23.3. The first-order valence-electron chi connectivity index (χ1n) is 5.14. The summed E-state index contributed by atoms with van der Waals surface area (Å²) in [5.74, 6) is 1.13. The molecule has 1 aliphatic heterocycles. The van der Waals surface area contributed by atoms with Crippen LogP contribution in [0.15, 0.2) is 0 Å². The Kier molecular flexibility index (Phi) is 3.84. The molecule has 0 aromatic carbocycles. The van der Waals surface area contributed by atoms with Crippen molar-refractivity contribution in [2.75, 3.05) is 18.8 Å². The maximum Gasteiger partial charge on any atom is 0.239 e. The van der Waals surface area contributed by atoms with Gasteiger partial charge in [-0.25, -0.2) is 0 Å². The molecule has 0 radical (unpaired) electrons. The zero-order valence-electron chi connectivity index (χ0n) is 9.25. The molecule has 0 aromatic heterocycles. The molecule has 0 bridgehead atoms. The van der Waals surface area contributed by atoms with Crippen LogP contribution in [-0.4, -0.2) is 40.4 Å². The van der Waals surface area contributed by atoms with E-state index in [0.29, 0.717) is 0 Å². The number of carbonyl (C=O) groups is 1. The molecule has 0 aromatic rings. The molecule has 82 valence electrons. The van der Waals surface area contributed by atoms with Gasteiger partial charge in [-0.1, -0.05) is 6.92 Å². The SMILES string of the molecule is CC[C@H](N)C(=O)N1CCSC(C)(C)C1. The minimum absolute atomic E-state index is 0.112. The molecule has 1 atom stereocenters. The first-order chi connectivity index (χ1) is 6.46. The lowest BCUT2D eigenvalue weighted by molar-refractivity contribution is -0.132. The molecule has 2 N–H and O–H groups in total. The molecule has 1 amide bonds. The molecule has 0 unspecified atom stereocenters. The molecule has 14 heavy (non-hydrogen) atoms. The number of amides is 1. The minimum atomic E-state index is -0.311. The van der Waals surface area contributed by atoms with Crippen molar-refractivity contribution in [3.8, 4) is 0 Å². The summed E-state index contributed by atoms with van der Waals surface area (Å²) in [6.45, 7) is 7.97. The highest BCUT2D eigenvalue weighted by atomic mass is 32.2. The third-order valence-electron chi connectivity index (χ3n) is 2.49. The van der Waals surface area contributed by atoms with E-state index >= 15 is 0 Å². The Hall–Kier alpha value is -0.220. The summed E-state index contributed by atoms with van der Waals surface area (Å²) < 4.78 is 0.182. The third-order valence-corrected chi connectivity index (χ3v) is 3.79. The minimum Gasteiger partial charge on any atom is -0.339 e. The molecular weight excluding hydrogens is 196 g/mol. The fraction of sp³-hybridized carbons (Fsp3) is 0.900. The van der Waals surface area contributed by atoms with Crippen LogP contribution in [0.3, 0.4) is 0 Å². The Morgan fingerprint density at radius 2 is 2.29 bits per heavy atom. The number of nitrogens with zero attached hydrogens (tertiary/aromatic N) is 1. The van der Waals surface area contributed by atoms with Gasteiger partial charge in [0.1, 0.15) is 0 Å². The van der Waals surface area contributed by atoms with E-state index < -0.39 is 0 Å². The lowest BCUT2D eigenvalue weighted by Crippen LogP contribution is -2.51. The van der Waals surface area contributed by atoms with Gasteiger partial charge in [-0.05, 0) is 20.3 Å². The number of rotatable bonds is 2. The van der Waals surface area contributed by atoms with E-state index in [1.54, 1.807) is 0 Å². The highest BCUT2D eigenvalue weighted by Gasteiger charge is 2.31. The van der Waals surface area contributed by atoms with Gasteiger partial charge < -0.3 is 10.6 Å². The largest absolute Gasteiger partial charge is 0.339 e. The van der Waals surface area contributed by atoms with E-state index in [1.807, 2.05) is 23.6 Å². The average molecular weight is 216 g/mol. The molecular formula is C10H20N2OS. The topological polar surface area (TPSA) is 46.3 Å². The van der Waals surface area contributed by atoms with Crippen LogP contribution in [0.25, 0.3) is 0 Å². The van der Waals surface area contributed by atoms with Gasteiger partial charge in [-0.2, -0.15) is 11.8 Å². The van der Waals surface area contributed by atoms with Crippen molar-refractivity contribution in [2.45, 2.75) is 38.0 Å². The summed E-state index contributed by atoms with van der Waals surface area (Å²) in [7, 11) is 0. The molecule has 0 aliphatic carbocycles. The van der Waals surface area contributed by atoms with Crippen LogP contribution < -0.4 is 5.73 Å². The van der Waals surface area contributed by atoms with E-state index in [-0.39, 0.29) is 16.7 Å². The molecule has 4 heteroatoms. The highest BCUT2D eigenvalue weighted by molar-refractivity contribution is 8.00. The first kappa shape index (κ1) is 11.9. The Balaban J connectivity index is 2.56. The number of nitrogens with two attached hydrogens (primary N) is 1. The van der Waals surface area contributed by atoms with Gasteiger partial charge in [-0.15, -0.1) is 0 Å². The second kappa shape index (κ2) is 4.53. The highest BCUT2D eigenvalue weighted by Crippen LogP contribution is 2.29. The van der Waals surface area contributed by atoms with Crippen LogP contribution in [0.2, 0.25) is 0 Å². The summed E-state index contributed by atoms with van der Waals surface area (Å²) in [5, 5.41) is 0. The van der Waals surface area contributed by atoms with Crippen LogP contribution in [0.4, 0.5) is 0 Å². The predicted molar refractivity (Wildman–Crippen MR) is 61.4 cm³/mol. The zero-order valence-corrected chi connectivity index (χ0v) is 10.1. The molecule has 1 fully saturated rings. The smallest absolute Gasteiger partial charge is 0.239 e. The Bertz CT molecular complexity index is 218. The van der Waals surface area contributed by atoms with Gasteiger partial charge in [-0.3, -0.25) is 4.79 Å². The number of thioether (sulfide) groups is 1. The fourth-order valence-corrected chi connectivity index (χ4v) is 2.73. The molecule has 3 nitrogen and oxygen atoms in total. The van der Waals surface area contributed by atoms with Gasteiger partial charge in [0, 0.05) is 23.6 Å². The van der Waals surface area contributed by atoms with Crippen molar-refractivity contribution in [3.05, 3.63) is 0 Å². The Labute approximate surface area is 90.4 Å². The van der Waals surface area contributed by atoms with E-state index in [4.69, 9.17) is 5.73 Å². The Morgan fingerprint density at radius 1 is 1.64 bits per heavy atom. The predicted octanol–water partition coefficient (Wildman–Crippen LogP) is 1.08. The van der Waals surface area contributed by atoms with Crippen molar-refractivity contribution in [2.24, 2.45) is 5.73 Å². The maximum atomic E-state index is 11.8. The summed E-state index contributed by atoms with van der Waals surface area (Å²) in [5.41, 5.74) is 5.74. The lowest BCUT2D eigenvalue weighted by Gasteiger charge is -2.38. The monoisotopic (exact) mass is 216 g/mol. The summed E-state index contributed by atoms with van der Waals surface area (Å²) in [6.07, 6.45) is 0.725. The summed E-state index contributed by atoms with van der Waals surface area (Å²) in [6, 6.07) is -0.311. The fourth-order valence-electron chi connectivity index (χ4n) is 1.61. The molecule has 1 saturated heterocycles. The van der Waals surface area contributed by atoms with Gasteiger partial charge in [0.05, 0.1) is 6.04 Å². The molecule has 1 heterocycles. The second-order valence-corrected chi connectivity index (χ2v) is 6.18. The van der Waals surface area contributed by atoms with Crippen molar-refractivity contribution in [1.29, 1.82) is 0 Å². The zero-order chi connectivity index (χ0) is 10.8. The number of hydrogen-bond acceptors (Lipinski definition) is 3. The van der Waals surface area contributed by atoms with E-state index in [0.717, 1.165) is 25.3 Å². The van der Waals surface area contributed by atoms with Crippen molar-refractivity contribution >= 4 is 17.7 Å². The Morgan fingerprint density at radius 3 is 2.79 bits per heavy atom. The molecule has 1 rings (SSSR count). The molecule has 0 spiro atoms. The van der Waals surface area contributed by atoms with Crippen LogP contribution >= 0.6 is 11.8 Å². The lowest BCUT2D eigenvalue weighted by atomic mass is 10.1. The van der Waals surface area contributed by atoms with Crippen LogP contribution in [0, 0.1) is 0 Å². The van der Waals surface area contributed by atoms with Crippen LogP contribution in [0.5, 0.6) is 0 Å². The number of carbonyl (C=O) groups excluding carboxylic acids is 1. The van der Waals surface area contributed by atoms with E-state index in [2.05, 4.69) is 13.8 Å². The molecule has 1 aliphatic rings. The van der Waals surface area contributed by atoms with Crippen molar-refractivity contribution in [3.63, 3.8) is 0 Å². The van der Waals surface area contributed by atoms with Gasteiger partial charge in [0.15, 0.2) is 0 Å². The summed E-state index contributed by atoms with van der Waals surface area (Å²) in [4.78, 5) is 13.7. The van der Waals surface area contributed by atoms with E-state index in [1.165, 1.54) is 0 Å². The standard InChI is InChI=1S/C10H20N2OS/c1-4-8(11)9(13)12-5-6-14-10(2,3)7-12/h8H,4-7,11H2,1-3H3/t8-/m0/s1. The third kappa shape index (κ3) is 2.89. The average Bonchev–Trinajstić information content (AvgIpc) is 2.14. The van der Waals surface area contributed by atoms with Crippen LogP contribution in [-0.2, 0) is 4.79 Å². The summed E-state index contributed by atoms with van der Waals surface area (Å²) >= 11 is 1.93. The molecule has 0 saturated carbocycles. The maximum absolute atomic E-state index is 11.8. The second-order valence-electron chi connectivity index (χ2n) is 4.38. The number of hydrogen-bond donors (Lipinski definition) is 1. The van der Waals surface area contributed by atoms with Crippen molar-refractivity contribution in [1.82, 2.24) is 4.90 Å². The van der Waals surface area contributed by atoms with Crippen molar-refractivity contribution < 1.29 is 4.79 Å². The van der Waals surface area contributed by atoms with Gasteiger partial charge in [0.25, 0.3) is 0 Å². The van der Waals surface area contributed by atoms with Crippen LogP contribution in [0.1, 0.15) is 27.2 Å². The van der Waals surface area contributed by atoms with E-state index in [9.17, 15) is 4.79 Å². The quantitative estimate of drug-likeness (QED) is 0.751.